The highest BCUT2D eigenvalue weighted by Crippen LogP contribution is 2.25. The lowest BCUT2D eigenvalue weighted by atomic mass is 9.94. The Kier molecular flexibility index (Phi) is 5.52. The minimum Gasteiger partial charge on any atom is -0.496 e. The van der Waals surface area contributed by atoms with Crippen molar-refractivity contribution in [3.05, 3.63) is 33.9 Å². The largest absolute Gasteiger partial charge is 0.496 e. The smallest absolute Gasteiger partial charge is 0.273 e. The first-order valence-electron chi connectivity index (χ1n) is 7.37. The first-order valence-corrected chi connectivity index (χ1v) is 7.37. The molecule has 0 aliphatic carbocycles. The van der Waals surface area contributed by atoms with Gasteiger partial charge in [-0.25, -0.2) is 0 Å². The van der Waals surface area contributed by atoms with Crippen molar-refractivity contribution >= 4 is 5.69 Å². The number of hydrogen-bond donors (Lipinski definition) is 1. The predicted molar refractivity (Wildman–Crippen MR) is 81.3 cm³/mol. The number of nitrogens with zero attached hydrogens (tertiary/aromatic N) is 2. The van der Waals surface area contributed by atoms with Gasteiger partial charge in [0.25, 0.3) is 5.69 Å². The van der Waals surface area contributed by atoms with Crippen LogP contribution in [0.15, 0.2) is 18.2 Å². The molecular formula is C15H23N3O3. The number of likely N-dealkylation sites (tertiary alicyclic amines) is 1. The summed E-state index contributed by atoms with van der Waals surface area (Å²) in [5, 5.41) is 11.0. The van der Waals surface area contributed by atoms with Crippen molar-refractivity contribution in [1.29, 1.82) is 0 Å². The van der Waals surface area contributed by atoms with E-state index in [9.17, 15) is 10.1 Å². The molecule has 6 nitrogen and oxygen atoms in total. The molecule has 1 atom stereocenters. The maximum absolute atomic E-state index is 11.0. The van der Waals surface area contributed by atoms with Gasteiger partial charge in [0.2, 0.25) is 0 Å². The Morgan fingerprint density at radius 2 is 2.29 bits per heavy atom. The number of piperidine rings is 1. The van der Waals surface area contributed by atoms with Crippen LogP contribution in [0.3, 0.4) is 0 Å². The van der Waals surface area contributed by atoms with E-state index in [0.29, 0.717) is 11.7 Å². The second-order valence-corrected chi connectivity index (χ2v) is 5.62. The van der Waals surface area contributed by atoms with Gasteiger partial charge in [-0.05, 0) is 49.9 Å². The summed E-state index contributed by atoms with van der Waals surface area (Å²) in [7, 11) is 1.53. The zero-order valence-electron chi connectivity index (χ0n) is 12.5. The maximum Gasteiger partial charge on any atom is 0.273 e. The zero-order chi connectivity index (χ0) is 15.2. The highest BCUT2D eigenvalue weighted by molar-refractivity contribution is 5.42. The zero-order valence-corrected chi connectivity index (χ0v) is 12.5. The summed E-state index contributed by atoms with van der Waals surface area (Å²) in [5.74, 6) is 1.18. The lowest BCUT2D eigenvalue weighted by Crippen LogP contribution is -2.35. The Morgan fingerprint density at radius 3 is 2.95 bits per heavy atom. The number of rotatable bonds is 6. The SMILES string of the molecule is COc1cc(CN2CCCC(CCN)C2)cc([N+](=O)[O-])c1. The maximum atomic E-state index is 11.0. The van der Waals surface area contributed by atoms with E-state index in [1.54, 1.807) is 6.07 Å². The van der Waals surface area contributed by atoms with Gasteiger partial charge in [0.1, 0.15) is 5.75 Å². The first kappa shape index (κ1) is 15.7. The van der Waals surface area contributed by atoms with E-state index in [0.717, 1.165) is 44.6 Å². The highest BCUT2D eigenvalue weighted by Gasteiger charge is 2.20. The minimum absolute atomic E-state index is 0.0832. The number of non-ortho nitro benzene ring substituents is 1. The molecule has 0 aromatic heterocycles. The van der Waals surface area contributed by atoms with E-state index in [1.807, 2.05) is 6.07 Å². The van der Waals surface area contributed by atoms with Gasteiger partial charge in [0.05, 0.1) is 18.1 Å². The van der Waals surface area contributed by atoms with Gasteiger partial charge in [0, 0.05) is 19.2 Å². The third kappa shape index (κ3) is 4.41. The van der Waals surface area contributed by atoms with Crippen molar-refractivity contribution in [1.82, 2.24) is 4.90 Å². The second-order valence-electron chi connectivity index (χ2n) is 5.62. The van der Waals surface area contributed by atoms with Crippen LogP contribution in [0.2, 0.25) is 0 Å². The van der Waals surface area contributed by atoms with Gasteiger partial charge < -0.3 is 10.5 Å². The van der Waals surface area contributed by atoms with E-state index in [4.69, 9.17) is 10.5 Å². The fourth-order valence-electron chi connectivity index (χ4n) is 2.98. The lowest BCUT2D eigenvalue weighted by molar-refractivity contribution is -0.385. The predicted octanol–water partition coefficient (Wildman–Crippen LogP) is 2.16. The topological polar surface area (TPSA) is 81.6 Å². The average Bonchev–Trinajstić information content (AvgIpc) is 2.47. The van der Waals surface area contributed by atoms with Crippen LogP contribution in [0.5, 0.6) is 5.75 Å². The van der Waals surface area contributed by atoms with E-state index in [1.165, 1.54) is 19.6 Å². The molecule has 116 valence electrons. The first-order chi connectivity index (χ1) is 10.1. The van der Waals surface area contributed by atoms with Crippen molar-refractivity contribution < 1.29 is 9.66 Å². The molecule has 6 heteroatoms. The molecular weight excluding hydrogens is 270 g/mol. The molecule has 2 rings (SSSR count). The Bertz CT molecular complexity index is 491. The van der Waals surface area contributed by atoms with Gasteiger partial charge in [-0.15, -0.1) is 0 Å². The van der Waals surface area contributed by atoms with Crippen molar-refractivity contribution in [3.63, 3.8) is 0 Å². The third-order valence-electron chi connectivity index (χ3n) is 3.98. The Morgan fingerprint density at radius 1 is 1.48 bits per heavy atom. The Hall–Kier alpha value is -1.66. The van der Waals surface area contributed by atoms with Crippen molar-refractivity contribution in [2.75, 3.05) is 26.7 Å². The molecule has 21 heavy (non-hydrogen) atoms. The molecule has 0 radical (unpaired) electrons. The number of hydrogen-bond acceptors (Lipinski definition) is 5. The molecule has 2 N–H and O–H groups in total. The molecule has 0 saturated carbocycles. The normalized spacial score (nSPS) is 19.4. The molecule has 1 fully saturated rings. The molecule has 1 unspecified atom stereocenters. The van der Waals surface area contributed by atoms with Crippen LogP contribution in [-0.4, -0.2) is 36.6 Å². The molecule has 1 aliphatic heterocycles. The number of nitro benzene ring substituents is 1. The summed E-state index contributed by atoms with van der Waals surface area (Å²) >= 11 is 0. The van der Waals surface area contributed by atoms with Crippen LogP contribution in [-0.2, 0) is 6.54 Å². The summed E-state index contributed by atoms with van der Waals surface area (Å²) in [4.78, 5) is 12.9. The molecule has 1 aromatic rings. The summed E-state index contributed by atoms with van der Waals surface area (Å²) in [5.41, 5.74) is 6.65. The van der Waals surface area contributed by atoms with E-state index < -0.39 is 0 Å². The summed E-state index contributed by atoms with van der Waals surface area (Å²) in [6.45, 7) is 3.50. The summed E-state index contributed by atoms with van der Waals surface area (Å²) < 4.78 is 5.16. The van der Waals surface area contributed by atoms with E-state index in [-0.39, 0.29) is 10.6 Å². The average molecular weight is 293 g/mol. The number of ether oxygens (including phenoxy) is 1. The molecule has 1 aliphatic rings. The summed E-state index contributed by atoms with van der Waals surface area (Å²) in [6, 6.07) is 4.96. The quantitative estimate of drug-likeness (QED) is 0.642. The lowest BCUT2D eigenvalue weighted by Gasteiger charge is -2.32. The van der Waals surface area contributed by atoms with Gasteiger partial charge >= 0.3 is 0 Å². The fraction of sp³-hybridized carbons (Fsp3) is 0.600. The second kappa shape index (κ2) is 7.38. The van der Waals surface area contributed by atoms with Crippen LogP contribution in [0.25, 0.3) is 0 Å². The number of nitro groups is 1. The minimum atomic E-state index is -0.376. The molecule has 0 amide bonds. The van der Waals surface area contributed by atoms with E-state index >= 15 is 0 Å². The van der Waals surface area contributed by atoms with E-state index in [2.05, 4.69) is 4.90 Å². The van der Waals surface area contributed by atoms with Crippen LogP contribution >= 0.6 is 0 Å². The van der Waals surface area contributed by atoms with Gasteiger partial charge in [-0.3, -0.25) is 15.0 Å². The fourth-order valence-corrected chi connectivity index (χ4v) is 2.98. The standard InChI is InChI=1S/C15H23N3O3/c1-21-15-8-13(7-14(9-15)18(19)20)11-17-6-2-3-12(10-17)4-5-16/h7-9,12H,2-6,10-11,16H2,1H3. The van der Waals surface area contributed by atoms with Crippen molar-refractivity contribution in [2.24, 2.45) is 11.7 Å². The number of methoxy groups -OCH3 is 1. The molecule has 0 spiro atoms. The third-order valence-corrected chi connectivity index (χ3v) is 3.98. The Labute approximate surface area is 125 Å². The number of nitrogens with two attached hydrogens (primary N) is 1. The van der Waals surface area contributed by atoms with Crippen LogP contribution in [0, 0.1) is 16.0 Å². The monoisotopic (exact) mass is 293 g/mol. The molecule has 1 saturated heterocycles. The Balaban J connectivity index is 2.07. The van der Waals surface area contributed by atoms with Gasteiger partial charge in [0.15, 0.2) is 0 Å². The van der Waals surface area contributed by atoms with Crippen LogP contribution in [0.1, 0.15) is 24.8 Å². The van der Waals surface area contributed by atoms with Gasteiger partial charge in [-0.2, -0.15) is 0 Å². The molecule has 0 bridgehead atoms. The summed E-state index contributed by atoms with van der Waals surface area (Å²) in [6.07, 6.45) is 3.44. The highest BCUT2D eigenvalue weighted by atomic mass is 16.6. The van der Waals surface area contributed by atoms with Crippen molar-refractivity contribution in [3.8, 4) is 5.75 Å². The van der Waals surface area contributed by atoms with Crippen LogP contribution in [0.4, 0.5) is 5.69 Å². The number of benzene rings is 1. The van der Waals surface area contributed by atoms with Gasteiger partial charge in [-0.1, -0.05) is 0 Å². The molecule has 1 aromatic carbocycles. The molecule has 1 heterocycles. The van der Waals surface area contributed by atoms with Crippen molar-refractivity contribution in [2.45, 2.75) is 25.8 Å². The van der Waals surface area contributed by atoms with Crippen LogP contribution < -0.4 is 10.5 Å².